The van der Waals surface area contributed by atoms with E-state index in [4.69, 9.17) is 5.73 Å². The summed E-state index contributed by atoms with van der Waals surface area (Å²) < 4.78 is 0. The van der Waals surface area contributed by atoms with Crippen LogP contribution in [0.15, 0.2) is 24.3 Å². The summed E-state index contributed by atoms with van der Waals surface area (Å²) in [6.07, 6.45) is 1.07. The molecule has 1 aromatic heterocycles. The number of anilines is 1. The van der Waals surface area contributed by atoms with E-state index in [1.807, 2.05) is 17.4 Å². The van der Waals surface area contributed by atoms with Gasteiger partial charge in [0.2, 0.25) is 0 Å². The summed E-state index contributed by atoms with van der Waals surface area (Å²) in [6.45, 7) is 7.60. The van der Waals surface area contributed by atoms with Gasteiger partial charge in [0.15, 0.2) is 0 Å². The normalized spacial score (nSPS) is 15.5. The Bertz CT molecular complexity index is 601. The topological polar surface area (TPSA) is 29.3 Å². The van der Waals surface area contributed by atoms with Gasteiger partial charge in [-0.15, -0.1) is 11.3 Å². The van der Waals surface area contributed by atoms with Crippen LogP contribution in [-0.2, 0) is 19.5 Å². The Kier molecular flexibility index (Phi) is 3.33. The van der Waals surface area contributed by atoms with E-state index in [1.54, 1.807) is 0 Å². The minimum atomic E-state index is 0.958. The van der Waals surface area contributed by atoms with Gasteiger partial charge in [0, 0.05) is 35.1 Å². The smallest absolute Gasteiger partial charge is 0.0350 e. The van der Waals surface area contributed by atoms with Crippen LogP contribution < -0.4 is 5.73 Å². The quantitative estimate of drug-likeness (QED) is 0.848. The highest BCUT2D eigenvalue weighted by Crippen LogP contribution is 2.27. The lowest BCUT2D eigenvalue weighted by Crippen LogP contribution is -2.30. The zero-order valence-electron chi connectivity index (χ0n) is 11.6. The molecule has 1 aliphatic rings. The molecule has 1 aromatic carbocycles. The number of benzene rings is 1. The first kappa shape index (κ1) is 12.7. The van der Waals surface area contributed by atoms with Gasteiger partial charge in [-0.25, -0.2) is 0 Å². The average Bonchev–Trinajstić information content (AvgIpc) is 2.68. The Balaban J connectivity index is 1.77. The summed E-state index contributed by atoms with van der Waals surface area (Å²) in [5.74, 6) is 0. The summed E-state index contributed by atoms with van der Waals surface area (Å²) in [5, 5.41) is 0. The second-order valence-corrected chi connectivity index (χ2v) is 6.84. The van der Waals surface area contributed by atoms with E-state index >= 15 is 0 Å². The van der Waals surface area contributed by atoms with Crippen molar-refractivity contribution in [1.29, 1.82) is 0 Å². The van der Waals surface area contributed by atoms with Crippen molar-refractivity contribution in [2.75, 3.05) is 12.3 Å². The minimum absolute atomic E-state index is 0.958. The molecular weight excluding hydrogens is 252 g/mol. The van der Waals surface area contributed by atoms with Crippen LogP contribution in [-0.4, -0.2) is 11.4 Å². The van der Waals surface area contributed by atoms with Gasteiger partial charge in [-0.1, -0.05) is 12.1 Å². The zero-order chi connectivity index (χ0) is 13.4. The lowest BCUT2D eigenvalue weighted by atomic mass is 9.97. The fourth-order valence-corrected chi connectivity index (χ4v) is 3.85. The number of aryl methyl sites for hydroxylation is 2. The van der Waals surface area contributed by atoms with Crippen molar-refractivity contribution < 1.29 is 0 Å². The van der Waals surface area contributed by atoms with E-state index in [2.05, 4.69) is 36.9 Å². The van der Waals surface area contributed by atoms with Gasteiger partial charge < -0.3 is 5.73 Å². The van der Waals surface area contributed by atoms with Gasteiger partial charge in [-0.2, -0.15) is 0 Å². The third kappa shape index (κ3) is 2.53. The van der Waals surface area contributed by atoms with Crippen molar-refractivity contribution in [3.05, 3.63) is 50.7 Å². The number of thiophene rings is 1. The van der Waals surface area contributed by atoms with Gasteiger partial charge in [0.05, 0.1) is 0 Å². The second kappa shape index (κ2) is 4.99. The van der Waals surface area contributed by atoms with Crippen LogP contribution in [0, 0.1) is 13.8 Å². The predicted octanol–water partition coefficient (Wildman–Crippen LogP) is 3.51. The second-order valence-electron chi connectivity index (χ2n) is 5.38. The molecule has 0 saturated heterocycles. The molecule has 0 amide bonds. The Labute approximate surface area is 118 Å². The molecule has 3 rings (SSSR count). The first-order valence-corrected chi connectivity index (χ1v) is 7.59. The summed E-state index contributed by atoms with van der Waals surface area (Å²) in [6, 6.07) is 8.62. The summed E-state index contributed by atoms with van der Waals surface area (Å²) >= 11 is 1.90. The number of fused-ring (bicyclic) bond motifs is 1. The first-order valence-electron chi connectivity index (χ1n) is 6.78. The van der Waals surface area contributed by atoms with Crippen molar-refractivity contribution in [2.24, 2.45) is 0 Å². The molecular formula is C16H20N2S. The Hall–Kier alpha value is -1.32. The highest BCUT2D eigenvalue weighted by molar-refractivity contribution is 7.12. The Morgan fingerprint density at radius 1 is 1.32 bits per heavy atom. The largest absolute Gasteiger partial charge is 0.398 e. The molecule has 0 bridgehead atoms. The third-order valence-electron chi connectivity index (χ3n) is 3.92. The number of hydrogen-bond donors (Lipinski definition) is 1. The van der Waals surface area contributed by atoms with Crippen LogP contribution in [0.2, 0.25) is 0 Å². The number of nitrogen functional groups attached to an aromatic ring is 1. The molecule has 3 heteroatoms. The van der Waals surface area contributed by atoms with Crippen LogP contribution in [0.5, 0.6) is 0 Å². The van der Waals surface area contributed by atoms with Crippen molar-refractivity contribution in [3.63, 3.8) is 0 Å². The highest BCUT2D eigenvalue weighted by Gasteiger charge is 2.18. The molecule has 0 unspecified atom stereocenters. The van der Waals surface area contributed by atoms with E-state index in [0.717, 1.165) is 31.7 Å². The van der Waals surface area contributed by atoms with Crippen molar-refractivity contribution in [2.45, 2.75) is 33.4 Å². The fourth-order valence-electron chi connectivity index (χ4n) is 2.91. The van der Waals surface area contributed by atoms with E-state index < -0.39 is 0 Å². The number of rotatable bonds is 2. The Morgan fingerprint density at radius 2 is 2.16 bits per heavy atom. The standard InChI is InChI=1S/C16H20N2S/c1-11-8-14(12(2)19-11)10-18-7-6-15-13(9-18)4-3-5-16(15)17/h3-5,8H,6-7,9-10,17H2,1-2H3. The van der Waals surface area contributed by atoms with Crippen molar-refractivity contribution >= 4 is 17.0 Å². The third-order valence-corrected chi connectivity index (χ3v) is 4.93. The van der Waals surface area contributed by atoms with Crippen LogP contribution in [0.1, 0.15) is 26.4 Å². The molecule has 2 N–H and O–H groups in total. The molecule has 0 saturated carbocycles. The summed E-state index contributed by atoms with van der Waals surface area (Å²) in [5.41, 5.74) is 11.2. The monoisotopic (exact) mass is 272 g/mol. The molecule has 0 radical (unpaired) electrons. The maximum Gasteiger partial charge on any atom is 0.0350 e. The lowest BCUT2D eigenvalue weighted by molar-refractivity contribution is 0.246. The molecule has 2 aromatic rings. The minimum Gasteiger partial charge on any atom is -0.398 e. The van der Waals surface area contributed by atoms with Crippen molar-refractivity contribution in [3.8, 4) is 0 Å². The van der Waals surface area contributed by atoms with E-state index in [0.29, 0.717) is 0 Å². The number of nitrogens with two attached hydrogens (primary N) is 1. The van der Waals surface area contributed by atoms with Crippen LogP contribution >= 0.6 is 11.3 Å². The van der Waals surface area contributed by atoms with Crippen LogP contribution in [0.25, 0.3) is 0 Å². The van der Waals surface area contributed by atoms with Crippen LogP contribution in [0.3, 0.4) is 0 Å². The molecule has 0 atom stereocenters. The number of nitrogens with zero attached hydrogens (tertiary/aromatic N) is 1. The lowest BCUT2D eigenvalue weighted by Gasteiger charge is -2.29. The molecule has 2 heterocycles. The maximum atomic E-state index is 6.05. The van der Waals surface area contributed by atoms with Crippen molar-refractivity contribution in [1.82, 2.24) is 4.90 Å². The average molecular weight is 272 g/mol. The van der Waals surface area contributed by atoms with E-state index in [-0.39, 0.29) is 0 Å². The van der Waals surface area contributed by atoms with Gasteiger partial charge in [0.1, 0.15) is 0 Å². The van der Waals surface area contributed by atoms with E-state index in [9.17, 15) is 0 Å². The molecule has 0 spiro atoms. The summed E-state index contributed by atoms with van der Waals surface area (Å²) in [7, 11) is 0. The number of hydrogen-bond acceptors (Lipinski definition) is 3. The SMILES string of the molecule is Cc1cc(CN2CCc3c(N)cccc3C2)c(C)s1. The van der Waals surface area contributed by atoms with Gasteiger partial charge in [-0.3, -0.25) is 4.90 Å². The predicted molar refractivity (Wildman–Crippen MR) is 82.5 cm³/mol. The molecule has 100 valence electrons. The summed E-state index contributed by atoms with van der Waals surface area (Å²) in [4.78, 5) is 5.39. The van der Waals surface area contributed by atoms with Gasteiger partial charge in [-0.05, 0) is 49.1 Å². The highest BCUT2D eigenvalue weighted by atomic mass is 32.1. The Morgan fingerprint density at radius 3 is 2.89 bits per heavy atom. The molecule has 0 fully saturated rings. The van der Waals surface area contributed by atoms with E-state index in [1.165, 1.54) is 26.4 Å². The van der Waals surface area contributed by atoms with Gasteiger partial charge >= 0.3 is 0 Å². The molecule has 2 nitrogen and oxygen atoms in total. The van der Waals surface area contributed by atoms with Crippen LogP contribution in [0.4, 0.5) is 5.69 Å². The fraction of sp³-hybridized carbons (Fsp3) is 0.375. The zero-order valence-corrected chi connectivity index (χ0v) is 12.4. The molecule has 1 aliphatic heterocycles. The first-order chi connectivity index (χ1) is 9.13. The molecule has 0 aliphatic carbocycles. The maximum absolute atomic E-state index is 6.05. The van der Waals surface area contributed by atoms with Gasteiger partial charge in [0.25, 0.3) is 0 Å². The molecule has 19 heavy (non-hydrogen) atoms.